The number of hydrogen-bond acceptors (Lipinski definition) is 3. The third kappa shape index (κ3) is 2.93. The van der Waals surface area contributed by atoms with Gasteiger partial charge in [0.05, 0.1) is 12.5 Å². The lowest BCUT2D eigenvalue weighted by molar-refractivity contribution is -0.123. The number of nitrogens with one attached hydrogen (secondary N) is 1. The van der Waals surface area contributed by atoms with Crippen molar-refractivity contribution in [2.24, 2.45) is 5.92 Å². The second kappa shape index (κ2) is 5.27. The SMILES string of the molecule is O=C(Nc1cc(Cl)ccn1)C1CCCOC1. The molecule has 0 radical (unpaired) electrons. The lowest BCUT2D eigenvalue weighted by atomic mass is 10.0. The van der Waals surface area contributed by atoms with E-state index < -0.39 is 0 Å². The van der Waals surface area contributed by atoms with E-state index in [-0.39, 0.29) is 11.8 Å². The summed E-state index contributed by atoms with van der Waals surface area (Å²) in [6.07, 6.45) is 3.36. The van der Waals surface area contributed by atoms with Gasteiger partial charge >= 0.3 is 0 Å². The van der Waals surface area contributed by atoms with Crippen LogP contribution in [0.3, 0.4) is 0 Å². The molecule has 1 fully saturated rings. The molecule has 1 amide bonds. The van der Waals surface area contributed by atoms with Gasteiger partial charge in [-0.3, -0.25) is 4.79 Å². The Morgan fingerprint density at radius 2 is 2.50 bits per heavy atom. The summed E-state index contributed by atoms with van der Waals surface area (Å²) in [4.78, 5) is 15.8. The van der Waals surface area contributed by atoms with Crippen LogP contribution in [0.5, 0.6) is 0 Å². The number of nitrogens with zero attached hydrogens (tertiary/aromatic N) is 1. The third-order valence-corrected chi connectivity index (χ3v) is 2.74. The fourth-order valence-corrected chi connectivity index (χ4v) is 1.81. The number of hydrogen-bond donors (Lipinski definition) is 1. The van der Waals surface area contributed by atoms with Crippen molar-refractivity contribution in [3.8, 4) is 0 Å². The molecule has 1 aromatic rings. The molecule has 1 atom stereocenters. The van der Waals surface area contributed by atoms with E-state index in [0.29, 0.717) is 17.4 Å². The Balaban J connectivity index is 1.96. The smallest absolute Gasteiger partial charge is 0.230 e. The molecule has 1 unspecified atom stereocenters. The van der Waals surface area contributed by atoms with Crippen LogP contribution in [-0.2, 0) is 9.53 Å². The number of pyridine rings is 1. The number of halogens is 1. The highest BCUT2D eigenvalue weighted by molar-refractivity contribution is 6.30. The van der Waals surface area contributed by atoms with Crippen LogP contribution in [0.1, 0.15) is 12.8 Å². The summed E-state index contributed by atoms with van der Waals surface area (Å²) in [5.74, 6) is 0.368. The molecule has 86 valence electrons. The highest BCUT2D eigenvalue weighted by Crippen LogP contribution is 2.17. The zero-order valence-corrected chi connectivity index (χ0v) is 9.54. The summed E-state index contributed by atoms with van der Waals surface area (Å²) in [5.41, 5.74) is 0. The predicted octanol–water partition coefficient (Wildman–Crippen LogP) is 2.10. The minimum atomic E-state index is -0.0745. The first-order valence-electron chi connectivity index (χ1n) is 5.26. The molecule has 0 bridgehead atoms. The maximum absolute atomic E-state index is 11.8. The van der Waals surface area contributed by atoms with Gasteiger partial charge in [0.15, 0.2) is 0 Å². The van der Waals surface area contributed by atoms with E-state index in [2.05, 4.69) is 10.3 Å². The quantitative estimate of drug-likeness (QED) is 0.861. The summed E-state index contributed by atoms with van der Waals surface area (Å²) in [5, 5.41) is 3.30. The average Bonchev–Trinajstić information content (AvgIpc) is 2.30. The minimum absolute atomic E-state index is 0.0468. The van der Waals surface area contributed by atoms with E-state index in [0.717, 1.165) is 19.4 Å². The number of anilines is 1. The number of carbonyl (C=O) groups is 1. The van der Waals surface area contributed by atoms with Gasteiger partial charge in [-0.1, -0.05) is 11.6 Å². The minimum Gasteiger partial charge on any atom is -0.381 e. The van der Waals surface area contributed by atoms with Crippen LogP contribution in [0.4, 0.5) is 5.82 Å². The van der Waals surface area contributed by atoms with E-state index in [4.69, 9.17) is 16.3 Å². The number of amides is 1. The summed E-state index contributed by atoms with van der Waals surface area (Å²) >= 11 is 5.80. The molecule has 1 aromatic heterocycles. The zero-order chi connectivity index (χ0) is 11.4. The third-order valence-electron chi connectivity index (χ3n) is 2.50. The van der Waals surface area contributed by atoms with Gasteiger partial charge in [0.25, 0.3) is 0 Å². The Hall–Kier alpha value is -1.13. The first-order valence-corrected chi connectivity index (χ1v) is 5.63. The fourth-order valence-electron chi connectivity index (χ4n) is 1.65. The van der Waals surface area contributed by atoms with Crippen LogP contribution >= 0.6 is 11.6 Å². The Kier molecular flexibility index (Phi) is 3.74. The van der Waals surface area contributed by atoms with Gasteiger partial charge < -0.3 is 10.1 Å². The monoisotopic (exact) mass is 240 g/mol. The molecule has 2 heterocycles. The van der Waals surface area contributed by atoms with Gasteiger partial charge in [0.1, 0.15) is 5.82 Å². The maximum atomic E-state index is 11.8. The van der Waals surface area contributed by atoms with Crippen LogP contribution in [-0.4, -0.2) is 24.1 Å². The Morgan fingerprint density at radius 3 is 3.19 bits per heavy atom. The van der Waals surface area contributed by atoms with Crippen LogP contribution in [0.25, 0.3) is 0 Å². The van der Waals surface area contributed by atoms with Gasteiger partial charge in [-0.05, 0) is 25.0 Å². The molecule has 1 aliphatic rings. The molecular weight excluding hydrogens is 228 g/mol. The van der Waals surface area contributed by atoms with Crippen LogP contribution in [0.15, 0.2) is 18.3 Å². The van der Waals surface area contributed by atoms with Crippen molar-refractivity contribution in [1.29, 1.82) is 0 Å². The average molecular weight is 241 g/mol. The molecule has 0 aromatic carbocycles. The lowest BCUT2D eigenvalue weighted by Crippen LogP contribution is -2.30. The topological polar surface area (TPSA) is 51.2 Å². The number of rotatable bonds is 2. The number of carbonyl (C=O) groups excluding carboxylic acids is 1. The van der Waals surface area contributed by atoms with Gasteiger partial charge in [0, 0.05) is 17.8 Å². The predicted molar refractivity (Wildman–Crippen MR) is 61.4 cm³/mol. The van der Waals surface area contributed by atoms with Gasteiger partial charge in [-0.15, -0.1) is 0 Å². The first-order chi connectivity index (χ1) is 7.75. The van der Waals surface area contributed by atoms with Crippen molar-refractivity contribution in [2.75, 3.05) is 18.5 Å². The summed E-state index contributed by atoms with van der Waals surface area (Å²) in [7, 11) is 0. The standard InChI is InChI=1S/C11H13ClN2O2/c12-9-3-4-13-10(6-9)14-11(15)8-2-1-5-16-7-8/h3-4,6,8H,1-2,5,7H2,(H,13,14,15). The van der Waals surface area contributed by atoms with Crippen LogP contribution in [0, 0.1) is 5.92 Å². The van der Waals surface area contributed by atoms with Crippen molar-refractivity contribution in [2.45, 2.75) is 12.8 Å². The van der Waals surface area contributed by atoms with E-state index in [1.165, 1.54) is 0 Å². The highest BCUT2D eigenvalue weighted by atomic mass is 35.5. The highest BCUT2D eigenvalue weighted by Gasteiger charge is 2.21. The molecule has 5 heteroatoms. The molecule has 0 saturated carbocycles. The lowest BCUT2D eigenvalue weighted by Gasteiger charge is -2.20. The Labute approximate surface area is 99.0 Å². The van der Waals surface area contributed by atoms with Crippen molar-refractivity contribution in [1.82, 2.24) is 4.98 Å². The molecule has 1 aliphatic heterocycles. The zero-order valence-electron chi connectivity index (χ0n) is 8.78. The molecule has 0 aliphatic carbocycles. The summed E-state index contributed by atoms with van der Waals surface area (Å²) in [6.45, 7) is 1.24. The second-order valence-electron chi connectivity index (χ2n) is 3.76. The molecule has 16 heavy (non-hydrogen) atoms. The number of aromatic nitrogens is 1. The Bertz CT molecular complexity index is 378. The van der Waals surface area contributed by atoms with Gasteiger partial charge in [0.2, 0.25) is 5.91 Å². The van der Waals surface area contributed by atoms with Crippen molar-refractivity contribution >= 4 is 23.3 Å². The Morgan fingerprint density at radius 1 is 1.62 bits per heavy atom. The van der Waals surface area contributed by atoms with E-state index >= 15 is 0 Å². The van der Waals surface area contributed by atoms with Crippen molar-refractivity contribution in [3.63, 3.8) is 0 Å². The van der Waals surface area contributed by atoms with Gasteiger partial charge in [-0.2, -0.15) is 0 Å². The summed E-state index contributed by atoms with van der Waals surface area (Å²) in [6, 6.07) is 3.30. The molecule has 0 spiro atoms. The van der Waals surface area contributed by atoms with Crippen LogP contribution in [0.2, 0.25) is 5.02 Å². The van der Waals surface area contributed by atoms with E-state index in [1.807, 2.05) is 0 Å². The van der Waals surface area contributed by atoms with Gasteiger partial charge in [-0.25, -0.2) is 4.98 Å². The molecule has 1 saturated heterocycles. The summed E-state index contributed by atoms with van der Waals surface area (Å²) < 4.78 is 5.26. The second-order valence-corrected chi connectivity index (χ2v) is 4.20. The van der Waals surface area contributed by atoms with Crippen LogP contribution < -0.4 is 5.32 Å². The maximum Gasteiger partial charge on any atom is 0.230 e. The molecule has 4 nitrogen and oxygen atoms in total. The number of ether oxygens (including phenoxy) is 1. The fraction of sp³-hybridized carbons (Fsp3) is 0.455. The first kappa shape index (κ1) is 11.4. The van der Waals surface area contributed by atoms with Crippen molar-refractivity contribution in [3.05, 3.63) is 23.4 Å². The van der Waals surface area contributed by atoms with Crippen molar-refractivity contribution < 1.29 is 9.53 Å². The normalized spacial score (nSPS) is 20.4. The molecule has 1 N–H and O–H groups in total. The van der Waals surface area contributed by atoms with E-state index in [1.54, 1.807) is 18.3 Å². The largest absolute Gasteiger partial charge is 0.381 e. The molecular formula is C11H13ClN2O2. The van der Waals surface area contributed by atoms with E-state index in [9.17, 15) is 4.79 Å². The molecule has 2 rings (SSSR count).